The van der Waals surface area contributed by atoms with Crippen LogP contribution in [0.1, 0.15) is 17.2 Å². The number of ether oxygens (including phenoxy) is 1. The number of nitrogens with two attached hydrogens (primary N) is 1. The van der Waals surface area contributed by atoms with Gasteiger partial charge in [-0.05, 0) is 45.8 Å². The fourth-order valence-corrected chi connectivity index (χ4v) is 2.82. The normalized spacial score (nSPS) is 12.2. The molecule has 2 aromatic carbocycles. The van der Waals surface area contributed by atoms with E-state index in [4.69, 9.17) is 10.6 Å². The SMILES string of the molecule is COc1ccc(Br)c(C(NN)c2cccc(Br)c2F)c1. The van der Waals surface area contributed by atoms with E-state index in [9.17, 15) is 4.39 Å². The number of hydrogen-bond donors (Lipinski definition) is 2. The molecule has 3 N–H and O–H groups in total. The van der Waals surface area contributed by atoms with E-state index in [0.29, 0.717) is 15.8 Å². The number of benzene rings is 2. The Morgan fingerprint density at radius 1 is 1.15 bits per heavy atom. The molecule has 0 heterocycles. The molecule has 3 nitrogen and oxygen atoms in total. The maximum atomic E-state index is 14.2. The van der Waals surface area contributed by atoms with Gasteiger partial charge in [-0.2, -0.15) is 0 Å². The Balaban J connectivity index is 2.55. The summed E-state index contributed by atoms with van der Waals surface area (Å²) in [4.78, 5) is 0. The minimum Gasteiger partial charge on any atom is -0.497 e. The summed E-state index contributed by atoms with van der Waals surface area (Å²) in [5.41, 5.74) is 3.90. The maximum absolute atomic E-state index is 14.2. The van der Waals surface area contributed by atoms with Gasteiger partial charge in [0.2, 0.25) is 0 Å². The molecule has 2 aromatic rings. The summed E-state index contributed by atoms with van der Waals surface area (Å²) in [5, 5.41) is 0. The van der Waals surface area contributed by atoms with Crippen LogP contribution in [0, 0.1) is 5.82 Å². The van der Waals surface area contributed by atoms with Gasteiger partial charge in [-0.1, -0.05) is 28.1 Å². The van der Waals surface area contributed by atoms with Gasteiger partial charge in [0.15, 0.2) is 0 Å². The van der Waals surface area contributed by atoms with Crippen LogP contribution in [-0.4, -0.2) is 7.11 Å². The lowest BCUT2D eigenvalue weighted by Gasteiger charge is -2.20. The number of methoxy groups -OCH3 is 1. The lowest BCUT2D eigenvalue weighted by molar-refractivity contribution is 0.413. The zero-order chi connectivity index (χ0) is 14.7. The van der Waals surface area contributed by atoms with E-state index in [1.807, 2.05) is 18.2 Å². The molecule has 2 rings (SSSR count). The zero-order valence-electron chi connectivity index (χ0n) is 10.7. The van der Waals surface area contributed by atoms with Crippen LogP contribution in [0.15, 0.2) is 45.3 Å². The Labute approximate surface area is 133 Å². The van der Waals surface area contributed by atoms with Crippen molar-refractivity contribution in [2.75, 3.05) is 7.11 Å². The standard InChI is InChI=1S/C14H13Br2FN2O/c1-20-8-5-6-11(15)10(7-8)14(19-18)9-3-2-4-12(16)13(9)17/h2-7,14,19H,18H2,1H3. The highest BCUT2D eigenvalue weighted by molar-refractivity contribution is 9.10. The molecular formula is C14H13Br2FN2O. The molecule has 0 saturated carbocycles. The van der Waals surface area contributed by atoms with Gasteiger partial charge in [0.1, 0.15) is 11.6 Å². The molecular weight excluding hydrogens is 391 g/mol. The van der Waals surface area contributed by atoms with E-state index in [1.165, 1.54) is 0 Å². The number of hydrogen-bond acceptors (Lipinski definition) is 3. The highest BCUT2D eigenvalue weighted by Gasteiger charge is 2.20. The van der Waals surface area contributed by atoms with Crippen molar-refractivity contribution >= 4 is 31.9 Å². The Morgan fingerprint density at radius 3 is 2.55 bits per heavy atom. The average molecular weight is 404 g/mol. The summed E-state index contributed by atoms with van der Waals surface area (Å²) in [5.74, 6) is 5.96. The maximum Gasteiger partial charge on any atom is 0.142 e. The predicted octanol–water partition coefficient (Wildman–Crippen LogP) is 3.91. The summed E-state index contributed by atoms with van der Waals surface area (Å²) < 4.78 is 20.7. The summed E-state index contributed by atoms with van der Waals surface area (Å²) >= 11 is 6.64. The van der Waals surface area contributed by atoms with Gasteiger partial charge < -0.3 is 4.74 Å². The minimum atomic E-state index is -0.489. The van der Waals surface area contributed by atoms with Crippen molar-refractivity contribution in [3.8, 4) is 5.75 Å². The molecule has 1 unspecified atom stereocenters. The first-order valence-electron chi connectivity index (χ1n) is 5.82. The second kappa shape index (κ2) is 6.67. The minimum absolute atomic E-state index is 0.342. The molecule has 0 saturated heterocycles. The Hall–Kier alpha value is -0.950. The Bertz CT molecular complexity index is 622. The van der Waals surface area contributed by atoms with Crippen LogP contribution in [0.5, 0.6) is 5.75 Å². The first kappa shape index (κ1) is 15.4. The molecule has 0 radical (unpaired) electrons. The molecule has 6 heteroatoms. The van der Waals surface area contributed by atoms with Gasteiger partial charge in [0.25, 0.3) is 0 Å². The van der Waals surface area contributed by atoms with Gasteiger partial charge >= 0.3 is 0 Å². The number of nitrogens with one attached hydrogen (secondary N) is 1. The largest absolute Gasteiger partial charge is 0.497 e. The topological polar surface area (TPSA) is 47.3 Å². The third kappa shape index (κ3) is 3.03. The number of rotatable bonds is 4. The molecule has 0 aromatic heterocycles. The molecule has 0 amide bonds. The first-order valence-corrected chi connectivity index (χ1v) is 7.40. The van der Waals surface area contributed by atoms with Crippen molar-refractivity contribution in [1.29, 1.82) is 0 Å². The molecule has 106 valence electrons. The van der Waals surface area contributed by atoms with Crippen LogP contribution in [0.2, 0.25) is 0 Å². The summed E-state index contributed by atoms with van der Waals surface area (Å²) in [6.07, 6.45) is 0. The molecule has 20 heavy (non-hydrogen) atoms. The predicted molar refractivity (Wildman–Crippen MR) is 84.0 cm³/mol. The van der Waals surface area contributed by atoms with Crippen molar-refractivity contribution in [2.45, 2.75) is 6.04 Å². The third-order valence-corrected chi connectivity index (χ3v) is 4.31. The van der Waals surface area contributed by atoms with E-state index in [0.717, 1.165) is 10.0 Å². The van der Waals surface area contributed by atoms with Crippen LogP contribution in [0.3, 0.4) is 0 Å². The molecule has 0 aliphatic carbocycles. The molecule has 1 atom stereocenters. The van der Waals surface area contributed by atoms with Crippen molar-refractivity contribution in [3.63, 3.8) is 0 Å². The van der Waals surface area contributed by atoms with Crippen molar-refractivity contribution < 1.29 is 9.13 Å². The lowest BCUT2D eigenvalue weighted by Crippen LogP contribution is -2.30. The van der Waals surface area contributed by atoms with Crippen molar-refractivity contribution in [1.82, 2.24) is 5.43 Å². The van der Waals surface area contributed by atoms with Gasteiger partial charge in [-0.25, -0.2) is 9.82 Å². The fraction of sp³-hybridized carbons (Fsp3) is 0.143. The molecule has 0 spiro atoms. The summed E-state index contributed by atoms with van der Waals surface area (Å²) in [6.45, 7) is 0. The monoisotopic (exact) mass is 402 g/mol. The van der Waals surface area contributed by atoms with E-state index < -0.39 is 6.04 Å². The highest BCUT2D eigenvalue weighted by atomic mass is 79.9. The van der Waals surface area contributed by atoms with Crippen LogP contribution >= 0.6 is 31.9 Å². The van der Waals surface area contributed by atoms with E-state index in [2.05, 4.69) is 37.3 Å². The number of hydrazine groups is 1. The van der Waals surface area contributed by atoms with Crippen molar-refractivity contribution in [3.05, 3.63) is 62.3 Å². The zero-order valence-corrected chi connectivity index (χ0v) is 13.8. The molecule has 0 aliphatic heterocycles. The van der Waals surface area contributed by atoms with Crippen LogP contribution in [0.25, 0.3) is 0 Å². The fourth-order valence-electron chi connectivity index (χ4n) is 1.96. The van der Waals surface area contributed by atoms with E-state index in [1.54, 1.807) is 25.3 Å². The van der Waals surface area contributed by atoms with Gasteiger partial charge in [0.05, 0.1) is 17.6 Å². The molecule has 0 bridgehead atoms. The van der Waals surface area contributed by atoms with Crippen molar-refractivity contribution in [2.24, 2.45) is 5.84 Å². The van der Waals surface area contributed by atoms with Crippen LogP contribution in [-0.2, 0) is 0 Å². The first-order chi connectivity index (χ1) is 9.58. The quantitative estimate of drug-likeness (QED) is 0.600. The highest BCUT2D eigenvalue weighted by Crippen LogP contribution is 2.33. The number of halogens is 3. The van der Waals surface area contributed by atoms with E-state index in [-0.39, 0.29) is 5.82 Å². The van der Waals surface area contributed by atoms with Gasteiger partial charge in [-0.3, -0.25) is 5.84 Å². The van der Waals surface area contributed by atoms with Crippen LogP contribution in [0.4, 0.5) is 4.39 Å². The smallest absolute Gasteiger partial charge is 0.142 e. The van der Waals surface area contributed by atoms with Gasteiger partial charge in [0, 0.05) is 10.0 Å². The van der Waals surface area contributed by atoms with Crippen LogP contribution < -0.4 is 16.0 Å². The molecule has 0 fully saturated rings. The Morgan fingerprint density at radius 2 is 1.90 bits per heavy atom. The molecule has 0 aliphatic rings. The second-order valence-electron chi connectivity index (χ2n) is 4.13. The lowest BCUT2D eigenvalue weighted by atomic mass is 9.98. The third-order valence-electron chi connectivity index (χ3n) is 2.97. The summed E-state index contributed by atoms with van der Waals surface area (Å²) in [7, 11) is 1.58. The second-order valence-corrected chi connectivity index (χ2v) is 5.84. The van der Waals surface area contributed by atoms with E-state index >= 15 is 0 Å². The Kier molecular flexibility index (Phi) is 5.15. The summed E-state index contributed by atoms with van der Waals surface area (Å²) in [6, 6.07) is 10.1. The van der Waals surface area contributed by atoms with Gasteiger partial charge in [-0.15, -0.1) is 0 Å². The average Bonchev–Trinajstić information content (AvgIpc) is 2.46.